The Balaban J connectivity index is 1.45. The van der Waals surface area contributed by atoms with Crippen LogP contribution in [0.3, 0.4) is 0 Å². The second kappa shape index (κ2) is 10.3. The first-order valence-electron chi connectivity index (χ1n) is 11.2. The van der Waals surface area contributed by atoms with E-state index in [1.807, 2.05) is 11.9 Å². The first kappa shape index (κ1) is 23.2. The van der Waals surface area contributed by atoms with Gasteiger partial charge in [-0.3, -0.25) is 9.59 Å². The number of ether oxygens (including phenoxy) is 1. The van der Waals surface area contributed by atoms with Crippen LogP contribution in [0.5, 0.6) is 5.75 Å². The predicted octanol–water partition coefficient (Wildman–Crippen LogP) is 1.50. The Morgan fingerprint density at radius 1 is 1.15 bits per heavy atom. The number of piperazine rings is 1. The maximum atomic E-state index is 13.4. The lowest BCUT2D eigenvalue weighted by atomic mass is 9.99. The fourth-order valence-corrected chi connectivity index (χ4v) is 4.32. The predicted molar refractivity (Wildman–Crippen MR) is 119 cm³/mol. The molecule has 2 aliphatic heterocycles. The van der Waals surface area contributed by atoms with Gasteiger partial charge in [-0.25, -0.2) is 14.8 Å². The van der Waals surface area contributed by atoms with Crippen molar-refractivity contribution in [3.63, 3.8) is 0 Å². The van der Waals surface area contributed by atoms with Crippen LogP contribution in [0.15, 0.2) is 48.5 Å². The lowest BCUT2D eigenvalue weighted by Gasteiger charge is -2.50. The summed E-state index contributed by atoms with van der Waals surface area (Å²) in [7, 11) is 0. The van der Waals surface area contributed by atoms with Gasteiger partial charge in [0.25, 0.3) is 0 Å². The number of benzene rings is 2. The Morgan fingerprint density at radius 2 is 1.94 bits per heavy atom. The highest BCUT2D eigenvalue weighted by atomic mass is 19.1. The number of carbonyl (C=O) groups excluding carboxylic acids is 2. The molecule has 8 nitrogen and oxygen atoms in total. The lowest BCUT2D eigenvalue weighted by Crippen LogP contribution is -2.74. The molecule has 0 spiro atoms. The zero-order chi connectivity index (χ0) is 23.4. The summed E-state index contributed by atoms with van der Waals surface area (Å²) in [6, 6.07) is 12.3. The summed E-state index contributed by atoms with van der Waals surface area (Å²) in [4.78, 5) is 29.7. The zero-order valence-electron chi connectivity index (χ0n) is 18.6. The molecule has 176 valence electrons. The molecule has 2 fully saturated rings. The van der Waals surface area contributed by atoms with Crippen molar-refractivity contribution in [1.82, 2.24) is 20.2 Å². The van der Waals surface area contributed by atoms with E-state index < -0.39 is 6.04 Å². The van der Waals surface area contributed by atoms with E-state index in [1.54, 1.807) is 46.2 Å². The lowest BCUT2D eigenvalue weighted by molar-refractivity contribution is -0.168. The summed E-state index contributed by atoms with van der Waals surface area (Å²) in [5.74, 6) is -0.375. The van der Waals surface area contributed by atoms with Crippen molar-refractivity contribution in [3.05, 3.63) is 65.5 Å². The molecule has 0 aromatic heterocycles. The maximum Gasteiger partial charge on any atom is 0.245 e. The number of aromatic hydroxyl groups is 1. The molecule has 2 atom stereocenters. The SMILES string of the molecule is CCN1CC(=O)N2[C@H](CN(CCOCc3cccc(F)c3)C(=O)[C@@H]2Cc2ccc(O)cc2)N1. The van der Waals surface area contributed by atoms with Crippen molar-refractivity contribution in [1.29, 1.82) is 0 Å². The van der Waals surface area contributed by atoms with Crippen LogP contribution in [0.1, 0.15) is 18.1 Å². The molecule has 33 heavy (non-hydrogen) atoms. The van der Waals surface area contributed by atoms with Crippen molar-refractivity contribution in [2.24, 2.45) is 0 Å². The number of hydrogen-bond donors (Lipinski definition) is 2. The third-order valence-electron chi connectivity index (χ3n) is 6.02. The molecule has 2 aliphatic rings. The van der Waals surface area contributed by atoms with Gasteiger partial charge in [-0.1, -0.05) is 31.2 Å². The molecular formula is C24H29FN4O4. The highest BCUT2D eigenvalue weighted by molar-refractivity contribution is 5.90. The van der Waals surface area contributed by atoms with Gasteiger partial charge in [-0.05, 0) is 35.4 Å². The van der Waals surface area contributed by atoms with E-state index in [0.29, 0.717) is 32.7 Å². The normalized spacial score (nSPS) is 21.4. The van der Waals surface area contributed by atoms with Crippen molar-refractivity contribution in [3.8, 4) is 5.75 Å². The Hall–Kier alpha value is -3.01. The van der Waals surface area contributed by atoms with Gasteiger partial charge in [-0.2, -0.15) is 0 Å². The minimum Gasteiger partial charge on any atom is -0.508 e. The van der Waals surface area contributed by atoms with E-state index in [1.165, 1.54) is 12.1 Å². The molecule has 0 aliphatic carbocycles. The highest BCUT2D eigenvalue weighted by Crippen LogP contribution is 2.23. The molecular weight excluding hydrogens is 427 g/mol. The van der Waals surface area contributed by atoms with E-state index in [-0.39, 0.29) is 42.7 Å². The largest absolute Gasteiger partial charge is 0.508 e. The summed E-state index contributed by atoms with van der Waals surface area (Å²) in [6.07, 6.45) is 0.0322. The number of nitrogens with one attached hydrogen (secondary N) is 1. The van der Waals surface area contributed by atoms with Crippen LogP contribution in [0, 0.1) is 5.82 Å². The van der Waals surface area contributed by atoms with Crippen LogP contribution < -0.4 is 5.43 Å². The molecule has 0 unspecified atom stereocenters. The van der Waals surface area contributed by atoms with Crippen LogP contribution in [0.2, 0.25) is 0 Å². The molecule has 0 saturated carbocycles. The van der Waals surface area contributed by atoms with Crippen molar-refractivity contribution >= 4 is 11.8 Å². The number of hydrazine groups is 1. The Labute approximate surface area is 192 Å². The standard InChI is InChI=1S/C24H29FN4O4/c1-2-28-15-23(31)29-21(13-17-6-8-20(30)9-7-17)24(32)27(14-22(29)26-28)10-11-33-16-18-4-3-5-19(25)12-18/h3-9,12,21-22,26,30H,2,10-11,13-16H2,1H3/t21-,22+/m0/s1. The quantitative estimate of drug-likeness (QED) is 0.586. The average Bonchev–Trinajstić information content (AvgIpc) is 2.80. The third kappa shape index (κ3) is 5.50. The maximum absolute atomic E-state index is 13.4. The molecule has 2 saturated heterocycles. The zero-order valence-corrected chi connectivity index (χ0v) is 18.6. The van der Waals surface area contributed by atoms with Gasteiger partial charge in [0.05, 0.1) is 26.3 Å². The summed E-state index contributed by atoms with van der Waals surface area (Å²) in [5, 5.41) is 11.4. The van der Waals surface area contributed by atoms with Crippen molar-refractivity contribution < 1.29 is 23.8 Å². The van der Waals surface area contributed by atoms with Crippen LogP contribution in [-0.2, 0) is 27.4 Å². The Kier molecular flexibility index (Phi) is 7.22. The number of halogens is 1. The van der Waals surface area contributed by atoms with Gasteiger partial charge in [-0.15, -0.1) is 0 Å². The third-order valence-corrected chi connectivity index (χ3v) is 6.02. The number of fused-ring (bicyclic) bond motifs is 1. The molecule has 9 heteroatoms. The van der Waals surface area contributed by atoms with Crippen LogP contribution in [0.25, 0.3) is 0 Å². The summed E-state index contributed by atoms with van der Waals surface area (Å²) in [6.45, 7) is 4.13. The van der Waals surface area contributed by atoms with Gasteiger partial charge >= 0.3 is 0 Å². The molecule has 2 heterocycles. The number of nitrogens with zero attached hydrogens (tertiary/aromatic N) is 3. The fourth-order valence-electron chi connectivity index (χ4n) is 4.32. The molecule has 4 rings (SSSR count). The number of hydrogen-bond acceptors (Lipinski definition) is 6. The van der Waals surface area contributed by atoms with E-state index in [4.69, 9.17) is 4.74 Å². The van der Waals surface area contributed by atoms with Gasteiger partial charge in [0.2, 0.25) is 11.8 Å². The van der Waals surface area contributed by atoms with Crippen LogP contribution in [-0.4, -0.2) is 76.7 Å². The summed E-state index contributed by atoms with van der Waals surface area (Å²) in [5.41, 5.74) is 4.95. The molecule has 2 N–H and O–H groups in total. The number of rotatable bonds is 8. The number of likely N-dealkylation sites (N-methyl/N-ethyl adjacent to an activating group) is 1. The summed E-state index contributed by atoms with van der Waals surface area (Å²) < 4.78 is 19.0. The highest BCUT2D eigenvalue weighted by Gasteiger charge is 2.45. The smallest absolute Gasteiger partial charge is 0.245 e. The van der Waals surface area contributed by atoms with Crippen molar-refractivity contribution in [2.75, 3.05) is 32.8 Å². The van der Waals surface area contributed by atoms with Gasteiger partial charge in [0.1, 0.15) is 23.8 Å². The summed E-state index contributed by atoms with van der Waals surface area (Å²) >= 11 is 0. The first-order valence-corrected chi connectivity index (χ1v) is 11.2. The van der Waals surface area contributed by atoms with Crippen molar-refractivity contribution in [2.45, 2.75) is 32.2 Å². The molecule has 2 aromatic rings. The van der Waals surface area contributed by atoms with Gasteiger partial charge in [0.15, 0.2) is 0 Å². The molecule has 2 aromatic carbocycles. The minimum absolute atomic E-state index is 0.0836. The monoisotopic (exact) mass is 456 g/mol. The molecule has 2 amide bonds. The van der Waals surface area contributed by atoms with E-state index in [0.717, 1.165) is 11.1 Å². The number of phenolic OH excluding ortho intramolecular Hbond substituents is 1. The van der Waals surface area contributed by atoms with Crippen LogP contribution in [0.4, 0.5) is 4.39 Å². The minimum atomic E-state index is -0.643. The number of phenols is 1. The van der Waals surface area contributed by atoms with Gasteiger partial charge in [0, 0.05) is 19.5 Å². The average molecular weight is 457 g/mol. The van der Waals surface area contributed by atoms with E-state index in [9.17, 15) is 19.1 Å². The van der Waals surface area contributed by atoms with Gasteiger partial charge < -0.3 is 19.6 Å². The first-order chi connectivity index (χ1) is 15.9. The van der Waals surface area contributed by atoms with E-state index >= 15 is 0 Å². The molecule has 0 bridgehead atoms. The second-order valence-electron chi connectivity index (χ2n) is 8.31. The van der Waals surface area contributed by atoms with Crippen LogP contribution >= 0.6 is 0 Å². The Morgan fingerprint density at radius 3 is 2.67 bits per heavy atom. The molecule has 0 radical (unpaired) electrons. The van der Waals surface area contributed by atoms with E-state index in [2.05, 4.69) is 5.43 Å². The number of carbonyl (C=O) groups is 2. The number of amides is 2. The topological polar surface area (TPSA) is 85.4 Å². The fraction of sp³-hybridized carbons (Fsp3) is 0.417. The second-order valence-corrected chi connectivity index (χ2v) is 8.31. The Bertz CT molecular complexity index is 987.